The summed E-state index contributed by atoms with van der Waals surface area (Å²) in [5.74, 6) is 0.407. The lowest BCUT2D eigenvalue weighted by Crippen LogP contribution is -2.40. The van der Waals surface area contributed by atoms with Crippen molar-refractivity contribution in [1.29, 1.82) is 0 Å². The second-order valence-electron chi connectivity index (χ2n) is 4.39. The second kappa shape index (κ2) is 6.91. The fourth-order valence-corrected chi connectivity index (χ4v) is 1.43. The first kappa shape index (κ1) is 13.5. The van der Waals surface area contributed by atoms with E-state index < -0.39 is 0 Å². The monoisotopic (exact) mass is 236 g/mol. The fourth-order valence-electron chi connectivity index (χ4n) is 1.43. The molecule has 1 unspecified atom stereocenters. The van der Waals surface area contributed by atoms with Gasteiger partial charge in [0.1, 0.15) is 0 Å². The molecule has 0 aromatic heterocycles. The molecule has 1 atom stereocenters. The molecule has 0 bridgehead atoms. The Morgan fingerprint density at radius 3 is 2.47 bits per heavy atom. The minimum absolute atomic E-state index is 0.112. The summed E-state index contributed by atoms with van der Waals surface area (Å²) in [4.78, 5) is 11.6. The van der Waals surface area contributed by atoms with E-state index in [0.717, 1.165) is 5.56 Å². The first-order valence-electron chi connectivity index (χ1n) is 5.83. The van der Waals surface area contributed by atoms with Gasteiger partial charge in [0.15, 0.2) is 0 Å². The zero-order valence-electron chi connectivity index (χ0n) is 10.3. The predicted octanol–water partition coefficient (Wildman–Crippen LogP) is 1.68. The van der Waals surface area contributed by atoms with Crippen LogP contribution in [0.3, 0.4) is 0 Å². The zero-order chi connectivity index (χ0) is 12.7. The van der Waals surface area contributed by atoms with Crippen molar-refractivity contribution < 1.29 is 9.90 Å². The molecular weight excluding hydrogens is 216 g/mol. The highest BCUT2D eigenvalue weighted by Crippen LogP contribution is 2.10. The molecule has 0 aliphatic carbocycles. The number of aliphatic hydroxyl groups is 1. The molecule has 0 radical (unpaired) electrons. The van der Waals surface area contributed by atoms with Crippen LogP contribution in [0.4, 0.5) is 4.79 Å². The minimum atomic E-state index is -0.358. The number of rotatable bonds is 5. The summed E-state index contributed by atoms with van der Waals surface area (Å²) in [6, 6.07) is 8.81. The average molecular weight is 236 g/mol. The van der Waals surface area contributed by atoms with Crippen LogP contribution in [0.25, 0.3) is 0 Å². The van der Waals surface area contributed by atoms with Crippen molar-refractivity contribution in [2.75, 3.05) is 13.2 Å². The van der Waals surface area contributed by atoms with Crippen LogP contribution in [0.15, 0.2) is 30.3 Å². The molecule has 3 N–H and O–H groups in total. The lowest BCUT2D eigenvalue weighted by Gasteiger charge is -2.17. The highest BCUT2D eigenvalue weighted by atomic mass is 16.3. The van der Waals surface area contributed by atoms with Crippen molar-refractivity contribution in [3.05, 3.63) is 35.9 Å². The number of benzene rings is 1. The van der Waals surface area contributed by atoms with Gasteiger partial charge in [-0.1, -0.05) is 44.2 Å². The molecule has 0 saturated heterocycles. The molecule has 1 rings (SSSR count). The van der Waals surface area contributed by atoms with Gasteiger partial charge in [0.05, 0.1) is 12.6 Å². The third-order valence-corrected chi connectivity index (χ3v) is 2.36. The summed E-state index contributed by atoms with van der Waals surface area (Å²) in [5, 5.41) is 14.8. The van der Waals surface area contributed by atoms with Gasteiger partial charge < -0.3 is 15.7 Å². The van der Waals surface area contributed by atoms with Crippen molar-refractivity contribution in [2.24, 2.45) is 5.92 Å². The van der Waals surface area contributed by atoms with Gasteiger partial charge in [-0.3, -0.25) is 0 Å². The Morgan fingerprint density at radius 1 is 1.29 bits per heavy atom. The van der Waals surface area contributed by atoms with Gasteiger partial charge in [-0.25, -0.2) is 4.79 Å². The molecule has 1 aromatic carbocycles. The van der Waals surface area contributed by atoms with Crippen molar-refractivity contribution in [1.82, 2.24) is 10.6 Å². The van der Waals surface area contributed by atoms with Gasteiger partial charge in [0.2, 0.25) is 0 Å². The Labute approximate surface area is 102 Å². The standard InChI is InChI=1S/C13H20N2O2/c1-10(2)8-14-13(17)15-12(9-16)11-6-4-3-5-7-11/h3-7,10,12,16H,8-9H2,1-2H3,(H2,14,15,17). The van der Waals surface area contributed by atoms with E-state index in [1.807, 2.05) is 44.2 Å². The first-order valence-corrected chi connectivity index (χ1v) is 5.83. The first-order chi connectivity index (χ1) is 8.13. The Balaban J connectivity index is 2.50. The van der Waals surface area contributed by atoms with Crippen molar-refractivity contribution in [3.63, 3.8) is 0 Å². The van der Waals surface area contributed by atoms with Gasteiger partial charge in [-0.05, 0) is 11.5 Å². The van der Waals surface area contributed by atoms with Crippen LogP contribution in [0.2, 0.25) is 0 Å². The topological polar surface area (TPSA) is 61.4 Å². The van der Waals surface area contributed by atoms with Gasteiger partial charge in [-0.15, -0.1) is 0 Å². The van der Waals surface area contributed by atoms with E-state index in [9.17, 15) is 9.90 Å². The molecule has 4 nitrogen and oxygen atoms in total. The molecule has 2 amide bonds. The number of hydrogen-bond donors (Lipinski definition) is 3. The zero-order valence-corrected chi connectivity index (χ0v) is 10.3. The number of nitrogens with one attached hydrogen (secondary N) is 2. The minimum Gasteiger partial charge on any atom is -0.394 e. The summed E-state index contributed by atoms with van der Waals surface area (Å²) >= 11 is 0. The third kappa shape index (κ3) is 4.87. The molecule has 0 saturated carbocycles. The van der Waals surface area contributed by atoms with E-state index in [-0.39, 0.29) is 18.7 Å². The number of hydrogen-bond acceptors (Lipinski definition) is 2. The maximum Gasteiger partial charge on any atom is 0.315 e. The SMILES string of the molecule is CC(C)CNC(=O)NC(CO)c1ccccc1. The Hall–Kier alpha value is -1.55. The molecule has 1 aromatic rings. The van der Waals surface area contributed by atoms with E-state index in [1.165, 1.54) is 0 Å². The molecule has 0 spiro atoms. The molecular formula is C13H20N2O2. The Morgan fingerprint density at radius 2 is 1.94 bits per heavy atom. The highest BCUT2D eigenvalue weighted by molar-refractivity contribution is 5.74. The highest BCUT2D eigenvalue weighted by Gasteiger charge is 2.12. The van der Waals surface area contributed by atoms with Gasteiger partial charge in [0.25, 0.3) is 0 Å². The maximum absolute atomic E-state index is 11.6. The van der Waals surface area contributed by atoms with Crippen LogP contribution in [0, 0.1) is 5.92 Å². The molecule has 0 aliphatic heterocycles. The normalized spacial score (nSPS) is 12.2. The van der Waals surface area contributed by atoms with Crippen molar-refractivity contribution in [2.45, 2.75) is 19.9 Å². The van der Waals surface area contributed by atoms with E-state index in [0.29, 0.717) is 12.5 Å². The number of carbonyl (C=O) groups excluding carboxylic acids is 1. The van der Waals surface area contributed by atoms with E-state index in [2.05, 4.69) is 10.6 Å². The molecule has 0 heterocycles. The Bertz CT molecular complexity index is 339. The summed E-state index contributed by atoms with van der Waals surface area (Å²) in [6.45, 7) is 4.57. The van der Waals surface area contributed by atoms with Gasteiger partial charge in [-0.2, -0.15) is 0 Å². The summed E-state index contributed by atoms with van der Waals surface area (Å²) in [5.41, 5.74) is 0.898. The largest absolute Gasteiger partial charge is 0.394 e. The van der Waals surface area contributed by atoms with E-state index in [1.54, 1.807) is 0 Å². The van der Waals surface area contributed by atoms with Crippen LogP contribution in [-0.2, 0) is 0 Å². The van der Waals surface area contributed by atoms with Crippen LogP contribution >= 0.6 is 0 Å². The summed E-state index contributed by atoms with van der Waals surface area (Å²) < 4.78 is 0. The van der Waals surface area contributed by atoms with Gasteiger partial charge in [0, 0.05) is 6.54 Å². The number of aliphatic hydroxyl groups excluding tert-OH is 1. The third-order valence-electron chi connectivity index (χ3n) is 2.36. The quantitative estimate of drug-likeness (QED) is 0.728. The molecule has 17 heavy (non-hydrogen) atoms. The number of amides is 2. The maximum atomic E-state index is 11.6. The number of carbonyl (C=O) groups is 1. The van der Waals surface area contributed by atoms with Crippen molar-refractivity contribution in [3.8, 4) is 0 Å². The van der Waals surface area contributed by atoms with Crippen LogP contribution in [0.5, 0.6) is 0 Å². The number of urea groups is 1. The average Bonchev–Trinajstić information content (AvgIpc) is 2.34. The molecule has 0 fully saturated rings. The van der Waals surface area contributed by atoms with E-state index in [4.69, 9.17) is 0 Å². The second-order valence-corrected chi connectivity index (χ2v) is 4.39. The molecule has 0 aliphatic rings. The van der Waals surface area contributed by atoms with E-state index >= 15 is 0 Å². The lowest BCUT2D eigenvalue weighted by molar-refractivity contribution is 0.216. The summed E-state index contributed by atoms with van der Waals surface area (Å²) in [7, 11) is 0. The van der Waals surface area contributed by atoms with Crippen LogP contribution < -0.4 is 10.6 Å². The van der Waals surface area contributed by atoms with Crippen molar-refractivity contribution >= 4 is 6.03 Å². The van der Waals surface area contributed by atoms with Crippen LogP contribution in [0.1, 0.15) is 25.5 Å². The Kier molecular flexibility index (Phi) is 5.49. The fraction of sp³-hybridized carbons (Fsp3) is 0.462. The predicted molar refractivity (Wildman–Crippen MR) is 67.6 cm³/mol. The lowest BCUT2D eigenvalue weighted by atomic mass is 10.1. The molecule has 4 heteroatoms. The summed E-state index contributed by atoms with van der Waals surface area (Å²) in [6.07, 6.45) is 0. The van der Waals surface area contributed by atoms with Gasteiger partial charge >= 0.3 is 6.03 Å². The smallest absolute Gasteiger partial charge is 0.315 e. The molecule has 94 valence electrons. The van der Waals surface area contributed by atoms with Crippen LogP contribution in [-0.4, -0.2) is 24.3 Å².